The van der Waals surface area contributed by atoms with Crippen LogP contribution in [0.5, 0.6) is 0 Å². The molecule has 0 unspecified atom stereocenters. The average molecular weight is 180 g/mol. The zero-order chi connectivity index (χ0) is 8.97. The molecular weight excluding hydrogens is 171 g/mol. The first-order valence-electron chi connectivity index (χ1n) is 3.60. The molecule has 0 radical (unpaired) electrons. The molecule has 0 bridgehead atoms. The highest BCUT2D eigenvalue weighted by molar-refractivity contribution is 7.79. The van der Waals surface area contributed by atoms with Crippen LogP contribution < -0.4 is 0 Å². The normalized spacial score (nSPS) is 8.92. The maximum atomic E-state index is 13.0. The van der Waals surface area contributed by atoms with Crippen molar-refractivity contribution >= 4 is 12.6 Å². The van der Waals surface area contributed by atoms with Crippen LogP contribution in [0.3, 0.4) is 0 Å². The highest BCUT2D eigenvalue weighted by Crippen LogP contribution is 2.10. The van der Waals surface area contributed by atoms with Crippen LogP contribution in [0, 0.1) is 17.7 Å². The Hall–Kier alpha value is -0.940. The van der Waals surface area contributed by atoms with Crippen molar-refractivity contribution in [3.63, 3.8) is 0 Å². The quantitative estimate of drug-likeness (QED) is 0.498. The van der Waals surface area contributed by atoms with Gasteiger partial charge in [0.05, 0.1) is 5.56 Å². The van der Waals surface area contributed by atoms with E-state index in [1.807, 2.05) is 0 Å². The number of hydrogen-bond acceptors (Lipinski definition) is 1. The maximum Gasteiger partial charge on any atom is 0.138 e. The zero-order valence-corrected chi connectivity index (χ0v) is 7.66. The summed E-state index contributed by atoms with van der Waals surface area (Å²) >= 11 is 4.09. The van der Waals surface area contributed by atoms with Gasteiger partial charge in [-0.05, 0) is 24.6 Å². The predicted octanol–water partition coefficient (Wildman–Crippen LogP) is 2.63. The van der Waals surface area contributed by atoms with Crippen LogP contribution in [-0.4, -0.2) is 0 Å². The second kappa shape index (κ2) is 4.18. The van der Waals surface area contributed by atoms with Crippen LogP contribution >= 0.6 is 12.6 Å². The Labute approximate surface area is 77.2 Å². The van der Waals surface area contributed by atoms with E-state index in [2.05, 4.69) is 24.5 Å². The molecule has 0 heterocycles. The SMILES string of the molecule is CC#Cc1cc(CS)ccc1F. The van der Waals surface area contributed by atoms with E-state index in [4.69, 9.17) is 0 Å². The van der Waals surface area contributed by atoms with Gasteiger partial charge in [0.1, 0.15) is 5.82 Å². The van der Waals surface area contributed by atoms with Gasteiger partial charge < -0.3 is 0 Å². The summed E-state index contributed by atoms with van der Waals surface area (Å²) in [5, 5.41) is 0. The number of thiol groups is 1. The summed E-state index contributed by atoms with van der Waals surface area (Å²) < 4.78 is 13.0. The molecule has 2 heteroatoms. The molecule has 0 N–H and O–H groups in total. The summed E-state index contributed by atoms with van der Waals surface area (Å²) in [6, 6.07) is 4.85. The molecule has 0 atom stereocenters. The van der Waals surface area contributed by atoms with Crippen LogP contribution in [-0.2, 0) is 5.75 Å². The molecule has 0 aliphatic rings. The van der Waals surface area contributed by atoms with Gasteiger partial charge in [0.25, 0.3) is 0 Å². The predicted molar refractivity (Wildman–Crippen MR) is 51.6 cm³/mol. The highest BCUT2D eigenvalue weighted by Gasteiger charge is 1.98. The van der Waals surface area contributed by atoms with Crippen LogP contribution in [0.15, 0.2) is 18.2 Å². The van der Waals surface area contributed by atoms with Crippen LogP contribution in [0.1, 0.15) is 18.1 Å². The van der Waals surface area contributed by atoms with E-state index >= 15 is 0 Å². The van der Waals surface area contributed by atoms with E-state index in [0.29, 0.717) is 11.3 Å². The summed E-state index contributed by atoms with van der Waals surface area (Å²) in [5.41, 5.74) is 1.43. The van der Waals surface area contributed by atoms with Gasteiger partial charge in [-0.2, -0.15) is 12.6 Å². The Balaban J connectivity index is 3.14. The average Bonchev–Trinajstić information content (AvgIpc) is 2.09. The standard InChI is InChI=1S/C10H9FS/c1-2-3-9-6-8(7-12)4-5-10(9)11/h4-6,12H,7H2,1H3. The summed E-state index contributed by atoms with van der Waals surface area (Å²) in [4.78, 5) is 0. The summed E-state index contributed by atoms with van der Waals surface area (Å²) in [6.07, 6.45) is 0. The molecule has 12 heavy (non-hydrogen) atoms. The maximum absolute atomic E-state index is 13.0. The molecule has 0 saturated heterocycles. The van der Waals surface area contributed by atoms with Gasteiger partial charge in [-0.25, -0.2) is 4.39 Å². The second-order valence-corrected chi connectivity index (χ2v) is 2.66. The lowest BCUT2D eigenvalue weighted by Crippen LogP contribution is -1.86. The monoisotopic (exact) mass is 180 g/mol. The first-order chi connectivity index (χ1) is 5.77. The van der Waals surface area contributed by atoms with E-state index in [1.165, 1.54) is 6.07 Å². The number of benzene rings is 1. The largest absolute Gasteiger partial charge is 0.206 e. The Morgan fingerprint density at radius 3 is 2.83 bits per heavy atom. The summed E-state index contributed by atoms with van der Waals surface area (Å²) in [7, 11) is 0. The lowest BCUT2D eigenvalue weighted by atomic mass is 10.1. The van der Waals surface area contributed by atoms with E-state index in [0.717, 1.165) is 5.56 Å². The molecule has 0 aliphatic carbocycles. The topological polar surface area (TPSA) is 0 Å². The fourth-order valence-electron chi connectivity index (χ4n) is 0.901. The Morgan fingerprint density at radius 1 is 1.50 bits per heavy atom. The van der Waals surface area contributed by atoms with E-state index in [1.54, 1.807) is 19.1 Å². The van der Waals surface area contributed by atoms with Gasteiger partial charge in [-0.3, -0.25) is 0 Å². The third-order valence-corrected chi connectivity index (χ3v) is 1.84. The molecule has 62 valence electrons. The lowest BCUT2D eigenvalue weighted by Gasteiger charge is -1.97. The third-order valence-electron chi connectivity index (χ3n) is 1.47. The molecule has 0 aromatic heterocycles. The van der Waals surface area contributed by atoms with E-state index in [-0.39, 0.29) is 5.82 Å². The molecule has 0 spiro atoms. The minimum Gasteiger partial charge on any atom is -0.206 e. The first-order valence-corrected chi connectivity index (χ1v) is 4.23. The number of rotatable bonds is 1. The van der Waals surface area contributed by atoms with Crippen molar-refractivity contribution in [1.29, 1.82) is 0 Å². The molecule has 1 aromatic rings. The van der Waals surface area contributed by atoms with Crippen molar-refractivity contribution < 1.29 is 4.39 Å². The fourth-order valence-corrected chi connectivity index (χ4v) is 1.10. The summed E-state index contributed by atoms with van der Waals surface area (Å²) in [5.74, 6) is 5.69. The van der Waals surface area contributed by atoms with Gasteiger partial charge in [-0.15, -0.1) is 5.92 Å². The van der Waals surface area contributed by atoms with Gasteiger partial charge in [0, 0.05) is 5.75 Å². The van der Waals surface area contributed by atoms with E-state index in [9.17, 15) is 4.39 Å². The Bertz CT molecular complexity index is 333. The summed E-state index contributed by atoms with van der Waals surface area (Å²) in [6.45, 7) is 1.69. The molecule has 0 aliphatic heterocycles. The van der Waals surface area contributed by atoms with Crippen LogP contribution in [0.4, 0.5) is 4.39 Å². The first kappa shape index (κ1) is 9.15. The van der Waals surface area contributed by atoms with Gasteiger partial charge in [-0.1, -0.05) is 12.0 Å². The molecule has 0 fully saturated rings. The molecule has 1 aromatic carbocycles. The Kier molecular flexibility index (Phi) is 3.19. The minimum absolute atomic E-state index is 0.269. The molecule has 0 amide bonds. The van der Waals surface area contributed by atoms with Crippen molar-refractivity contribution in [2.24, 2.45) is 0 Å². The lowest BCUT2D eigenvalue weighted by molar-refractivity contribution is 0.624. The minimum atomic E-state index is -0.269. The van der Waals surface area contributed by atoms with Crippen LogP contribution in [0.2, 0.25) is 0 Å². The molecule has 1 rings (SSSR count). The fraction of sp³-hybridized carbons (Fsp3) is 0.200. The van der Waals surface area contributed by atoms with Crippen molar-refractivity contribution in [3.8, 4) is 11.8 Å². The van der Waals surface area contributed by atoms with Crippen molar-refractivity contribution in [2.75, 3.05) is 0 Å². The molecule has 0 saturated carbocycles. The zero-order valence-electron chi connectivity index (χ0n) is 6.76. The second-order valence-electron chi connectivity index (χ2n) is 2.35. The van der Waals surface area contributed by atoms with E-state index < -0.39 is 0 Å². The van der Waals surface area contributed by atoms with Gasteiger partial charge >= 0.3 is 0 Å². The number of halogens is 1. The van der Waals surface area contributed by atoms with Crippen molar-refractivity contribution in [3.05, 3.63) is 35.1 Å². The van der Waals surface area contributed by atoms with Crippen molar-refractivity contribution in [2.45, 2.75) is 12.7 Å². The molecular formula is C10H9FS. The highest BCUT2D eigenvalue weighted by atomic mass is 32.1. The third kappa shape index (κ3) is 2.02. The smallest absolute Gasteiger partial charge is 0.138 e. The Morgan fingerprint density at radius 2 is 2.25 bits per heavy atom. The van der Waals surface area contributed by atoms with Gasteiger partial charge in [0.15, 0.2) is 0 Å². The molecule has 0 nitrogen and oxygen atoms in total. The number of hydrogen-bond donors (Lipinski definition) is 1. The van der Waals surface area contributed by atoms with Gasteiger partial charge in [0.2, 0.25) is 0 Å². The van der Waals surface area contributed by atoms with Crippen molar-refractivity contribution in [1.82, 2.24) is 0 Å². The van der Waals surface area contributed by atoms with Crippen LogP contribution in [0.25, 0.3) is 0 Å².